The van der Waals surface area contributed by atoms with Crippen LogP contribution in [0, 0.1) is 6.92 Å². The van der Waals surface area contributed by atoms with E-state index in [4.69, 9.17) is 15.2 Å². The Balaban J connectivity index is 2.49. The van der Waals surface area contributed by atoms with Crippen LogP contribution in [-0.4, -0.2) is 25.3 Å². The number of esters is 1. The molecule has 94 valence electrons. The molecule has 0 fully saturated rings. The van der Waals surface area contributed by atoms with Crippen LogP contribution in [-0.2, 0) is 9.47 Å². The number of ether oxygens (including phenoxy) is 2. The Kier molecular flexibility index (Phi) is 4.97. The maximum Gasteiger partial charge on any atom is 0.338 e. The fourth-order valence-electron chi connectivity index (χ4n) is 1.36. The van der Waals surface area contributed by atoms with Crippen molar-refractivity contribution in [1.29, 1.82) is 0 Å². The minimum atomic E-state index is -0.359. The second kappa shape index (κ2) is 6.25. The van der Waals surface area contributed by atoms with Gasteiger partial charge in [0.25, 0.3) is 0 Å². The minimum absolute atomic E-state index is 0.141. The zero-order chi connectivity index (χ0) is 12.8. The van der Waals surface area contributed by atoms with E-state index in [1.165, 1.54) is 0 Å². The number of carbonyl (C=O) groups is 1. The van der Waals surface area contributed by atoms with Gasteiger partial charge in [0.2, 0.25) is 0 Å². The van der Waals surface area contributed by atoms with Crippen molar-refractivity contribution in [3.05, 3.63) is 29.3 Å². The molecule has 4 heteroatoms. The van der Waals surface area contributed by atoms with Crippen molar-refractivity contribution in [2.24, 2.45) is 0 Å². The van der Waals surface area contributed by atoms with Crippen LogP contribution in [0.3, 0.4) is 0 Å². The third kappa shape index (κ3) is 4.44. The lowest BCUT2D eigenvalue weighted by Crippen LogP contribution is -2.14. The third-order valence-electron chi connectivity index (χ3n) is 2.25. The first-order valence-corrected chi connectivity index (χ1v) is 5.65. The summed E-state index contributed by atoms with van der Waals surface area (Å²) in [6.07, 6.45) is 0.141. The highest BCUT2D eigenvalue weighted by atomic mass is 16.6. The van der Waals surface area contributed by atoms with Gasteiger partial charge in [0.15, 0.2) is 0 Å². The van der Waals surface area contributed by atoms with Gasteiger partial charge < -0.3 is 15.2 Å². The van der Waals surface area contributed by atoms with Gasteiger partial charge in [-0.05, 0) is 38.5 Å². The fourth-order valence-corrected chi connectivity index (χ4v) is 1.36. The van der Waals surface area contributed by atoms with Gasteiger partial charge in [0, 0.05) is 5.69 Å². The van der Waals surface area contributed by atoms with Crippen molar-refractivity contribution in [3.8, 4) is 0 Å². The lowest BCUT2D eigenvalue weighted by Gasteiger charge is -2.09. The zero-order valence-electron chi connectivity index (χ0n) is 10.5. The van der Waals surface area contributed by atoms with Gasteiger partial charge in [-0.1, -0.05) is 6.07 Å². The molecule has 0 spiro atoms. The minimum Gasteiger partial charge on any atom is -0.460 e. The molecule has 1 rings (SSSR count). The zero-order valence-corrected chi connectivity index (χ0v) is 10.5. The summed E-state index contributed by atoms with van der Waals surface area (Å²) in [6, 6.07) is 5.19. The van der Waals surface area contributed by atoms with Gasteiger partial charge in [-0.3, -0.25) is 0 Å². The number of aryl methyl sites for hydroxylation is 1. The molecule has 0 aromatic heterocycles. The van der Waals surface area contributed by atoms with Gasteiger partial charge in [0.05, 0.1) is 18.3 Å². The summed E-state index contributed by atoms with van der Waals surface area (Å²) in [6.45, 7) is 6.38. The van der Waals surface area contributed by atoms with Crippen molar-refractivity contribution in [3.63, 3.8) is 0 Å². The van der Waals surface area contributed by atoms with E-state index < -0.39 is 0 Å². The largest absolute Gasteiger partial charge is 0.460 e. The number of anilines is 1. The molecule has 0 aliphatic heterocycles. The molecule has 0 saturated carbocycles. The molecule has 0 aliphatic carbocycles. The molecule has 0 radical (unpaired) electrons. The molecule has 17 heavy (non-hydrogen) atoms. The summed E-state index contributed by atoms with van der Waals surface area (Å²) in [5.41, 5.74) is 7.55. The molecule has 1 aromatic rings. The summed E-state index contributed by atoms with van der Waals surface area (Å²) < 4.78 is 10.4. The monoisotopic (exact) mass is 237 g/mol. The Bertz CT molecular complexity index is 388. The molecule has 0 atom stereocenters. The van der Waals surface area contributed by atoms with Crippen LogP contribution in [0.5, 0.6) is 0 Å². The Morgan fingerprint density at radius 2 is 2.06 bits per heavy atom. The van der Waals surface area contributed by atoms with Crippen molar-refractivity contribution in [1.82, 2.24) is 0 Å². The van der Waals surface area contributed by atoms with Crippen LogP contribution in [0.1, 0.15) is 29.8 Å². The molecule has 4 nitrogen and oxygen atoms in total. The number of hydrogen-bond acceptors (Lipinski definition) is 4. The number of rotatable bonds is 5. The summed E-state index contributed by atoms with van der Waals surface area (Å²) >= 11 is 0. The van der Waals surface area contributed by atoms with E-state index in [-0.39, 0.29) is 18.7 Å². The van der Waals surface area contributed by atoms with E-state index >= 15 is 0 Å². The van der Waals surface area contributed by atoms with Crippen LogP contribution in [0.2, 0.25) is 0 Å². The number of nitrogen functional groups attached to an aromatic ring is 1. The second-order valence-electron chi connectivity index (χ2n) is 4.13. The van der Waals surface area contributed by atoms with Gasteiger partial charge >= 0.3 is 5.97 Å². The summed E-state index contributed by atoms with van der Waals surface area (Å²) in [7, 11) is 0. The van der Waals surface area contributed by atoms with E-state index in [0.717, 1.165) is 5.56 Å². The first-order chi connectivity index (χ1) is 8.00. The van der Waals surface area contributed by atoms with Gasteiger partial charge in [-0.15, -0.1) is 0 Å². The Labute approximate surface area is 102 Å². The van der Waals surface area contributed by atoms with Crippen LogP contribution < -0.4 is 5.73 Å². The highest BCUT2D eigenvalue weighted by molar-refractivity contribution is 5.92. The highest BCUT2D eigenvalue weighted by Crippen LogP contribution is 2.13. The second-order valence-corrected chi connectivity index (χ2v) is 4.13. The fraction of sp³-hybridized carbons (Fsp3) is 0.462. The maximum absolute atomic E-state index is 11.7. The van der Waals surface area contributed by atoms with E-state index in [0.29, 0.717) is 17.9 Å². The van der Waals surface area contributed by atoms with Crippen molar-refractivity contribution in [2.75, 3.05) is 18.9 Å². The first-order valence-electron chi connectivity index (χ1n) is 5.65. The Morgan fingerprint density at radius 3 is 2.71 bits per heavy atom. The Morgan fingerprint density at radius 1 is 1.35 bits per heavy atom. The Hall–Kier alpha value is -1.55. The third-order valence-corrected chi connectivity index (χ3v) is 2.25. The molecular weight excluding hydrogens is 218 g/mol. The average Bonchev–Trinajstić information content (AvgIpc) is 2.27. The van der Waals surface area contributed by atoms with E-state index in [9.17, 15) is 4.79 Å². The first kappa shape index (κ1) is 13.5. The summed E-state index contributed by atoms with van der Waals surface area (Å²) in [4.78, 5) is 11.7. The smallest absolute Gasteiger partial charge is 0.338 e. The number of benzene rings is 1. The summed E-state index contributed by atoms with van der Waals surface area (Å²) in [5.74, 6) is -0.359. The number of nitrogens with two attached hydrogens (primary N) is 1. The lowest BCUT2D eigenvalue weighted by atomic mass is 10.1. The van der Waals surface area contributed by atoms with Crippen LogP contribution in [0.15, 0.2) is 18.2 Å². The highest BCUT2D eigenvalue weighted by Gasteiger charge is 2.10. The van der Waals surface area contributed by atoms with Crippen molar-refractivity contribution < 1.29 is 14.3 Å². The van der Waals surface area contributed by atoms with Gasteiger partial charge in [0.1, 0.15) is 6.61 Å². The predicted octanol–water partition coefficient (Wildman–Crippen LogP) is 2.16. The molecule has 2 N–H and O–H groups in total. The predicted molar refractivity (Wildman–Crippen MR) is 67.0 cm³/mol. The molecule has 0 bridgehead atoms. The standard InChI is InChI=1S/C13H19NO3/c1-9(2)16-6-7-17-13(15)12-8-11(14)5-4-10(12)3/h4-5,8-9H,6-7,14H2,1-3H3. The van der Waals surface area contributed by atoms with Gasteiger partial charge in [-0.25, -0.2) is 4.79 Å². The summed E-state index contributed by atoms with van der Waals surface area (Å²) in [5, 5.41) is 0. The number of hydrogen-bond donors (Lipinski definition) is 1. The van der Waals surface area contributed by atoms with Crippen molar-refractivity contribution in [2.45, 2.75) is 26.9 Å². The van der Waals surface area contributed by atoms with Crippen LogP contribution in [0.25, 0.3) is 0 Å². The van der Waals surface area contributed by atoms with Crippen LogP contribution in [0.4, 0.5) is 5.69 Å². The van der Waals surface area contributed by atoms with Crippen molar-refractivity contribution >= 4 is 11.7 Å². The normalized spacial score (nSPS) is 10.6. The van der Waals surface area contributed by atoms with E-state index in [2.05, 4.69) is 0 Å². The average molecular weight is 237 g/mol. The quantitative estimate of drug-likeness (QED) is 0.484. The molecule has 0 amide bonds. The molecule has 0 aliphatic rings. The molecule has 1 aromatic carbocycles. The molecule has 0 saturated heterocycles. The molecule has 0 unspecified atom stereocenters. The maximum atomic E-state index is 11.7. The van der Waals surface area contributed by atoms with Gasteiger partial charge in [-0.2, -0.15) is 0 Å². The SMILES string of the molecule is Cc1ccc(N)cc1C(=O)OCCOC(C)C. The van der Waals surface area contributed by atoms with E-state index in [1.54, 1.807) is 18.2 Å². The number of carbonyl (C=O) groups excluding carboxylic acids is 1. The van der Waals surface area contributed by atoms with E-state index in [1.807, 2.05) is 20.8 Å². The van der Waals surface area contributed by atoms with Crippen LogP contribution >= 0.6 is 0 Å². The molecule has 0 heterocycles. The molecular formula is C13H19NO3. The lowest BCUT2D eigenvalue weighted by molar-refractivity contribution is 0.0176. The topological polar surface area (TPSA) is 61.6 Å².